The van der Waals surface area contributed by atoms with Crippen molar-refractivity contribution in [1.29, 1.82) is 0 Å². The number of benzene rings is 2. The second kappa shape index (κ2) is 8.94. The molecule has 1 aromatic heterocycles. The quantitative estimate of drug-likeness (QED) is 0.457. The number of ketones is 1. The molecule has 0 bridgehead atoms. The van der Waals surface area contributed by atoms with Crippen molar-refractivity contribution in [2.45, 2.75) is 51.2 Å². The molecule has 3 aromatic rings. The Kier molecular flexibility index (Phi) is 5.85. The van der Waals surface area contributed by atoms with Crippen LogP contribution in [-0.4, -0.2) is 41.9 Å². The van der Waals surface area contributed by atoms with Gasteiger partial charge in [-0.05, 0) is 49.3 Å². The Morgan fingerprint density at radius 3 is 2.36 bits per heavy atom. The Labute approximate surface area is 195 Å². The van der Waals surface area contributed by atoms with E-state index in [0.29, 0.717) is 12.1 Å². The first-order chi connectivity index (χ1) is 16.0. The molecule has 0 spiro atoms. The number of carbonyl (C=O) groups excluding carboxylic acids is 1. The molecule has 0 saturated heterocycles. The fraction of sp³-hybridized carbons (Fsp3) is 0.370. The molecule has 0 atom stereocenters. The lowest BCUT2D eigenvalue weighted by Crippen LogP contribution is -2.36. The molecular formula is C27H31N5O. The highest BCUT2D eigenvalue weighted by Gasteiger charge is 2.28. The van der Waals surface area contributed by atoms with E-state index in [9.17, 15) is 4.79 Å². The molecule has 2 N–H and O–H groups in total. The van der Waals surface area contributed by atoms with E-state index >= 15 is 0 Å². The number of anilines is 2. The largest absolute Gasteiger partial charge is 0.367 e. The lowest BCUT2D eigenvalue weighted by Gasteiger charge is -2.30. The van der Waals surface area contributed by atoms with E-state index in [4.69, 9.17) is 0 Å². The molecule has 5 rings (SSSR count). The maximum atomic E-state index is 12.8. The number of aryl methyl sites for hydroxylation is 1. The van der Waals surface area contributed by atoms with Gasteiger partial charge in [-0.25, -0.2) is 9.97 Å². The van der Waals surface area contributed by atoms with Crippen molar-refractivity contribution in [1.82, 2.24) is 15.3 Å². The van der Waals surface area contributed by atoms with Crippen LogP contribution in [0.25, 0.3) is 11.1 Å². The maximum absolute atomic E-state index is 12.8. The van der Waals surface area contributed by atoms with E-state index in [2.05, 4.69) is 32.7 Å². The highest BCUT2D eigenvalue weighted by Crippen LogP contribution is 2.38. The van der Waals surface area contributed by atoms with Gasteiger partial charge in [0, 0.05) is 49.9 Å². The Morgan fingerprint density at radius 2 is 1.61 bits per heavy atom. The molecule has 1 fully saturated rings. The molecule has 0 amide bonds. The monoisotopic (exact) mass is 441 g/mol. The van der Waals surface area contributed by atoms with E-state index < -0.39 is 0 Å². The number of nitrogens with one attached hydrogen (secondary N) is 2. The van der Waals surface area contributed by atoms with E-state index in [1.807, 2.05) is 62.3 Å². The average molecular weight is 442 g/mol. The third kappa shape index (κ3) is 4.35. The summed E-state index contributed by atoms with van der Waals surface area (Å²) in [6.45, 7) is 2.72. The number of hydrogen-bond acceptors (Lipinski definition) is 6. The van der Waals surface area contributed by atoms with Gasteiger partial charge in [0.1, 0.15) is 17.5 Å². The topological polar surface area (TPSA) is 70.2 Å². The molecule has 2 aliphatic carbocycles. The van der Waals surface area contributed by atoms with E-state index in [1.54, 1.807) is 0 Å². The predicted octanol–water partition coefficient (Wildman–Crippen LogP) is 4.58. The van der Waals surface area contributed by atoms with Crippen LogP contribution in [0, 0.1) is 6.92 Å². The lowest BCUT2D eigenvalue weighted by atomic mass is 9.90. The minimum absolute atomic E-state index is 0.145. The summed E-state index contributed by atoms with van der Waals surface area (Å²) in [4.78, 5) is 23.8. The number of aromatic nitrogens is 2. The molecule has 6 heteroatoms. The van der Waals surface area contributed by atoms with Crippen molar-refractivity contribution >= 4 is 17.4 Å². The SMILES string of the molecule is Cc1nc(NC2CCC(NCc3cccc4c3-c3ccccc3C4=O)CC2)cc(N(C)C)n1. The molecule has 2 aliphatic rings. The van der Waals surface area contributed by atoms with Crippen LogP contribution in [0.3, 0.4) is 0 Å². The molecular weight excluding hydrogens is 410 g/mol. The van der Waals surface area contributed by atoms with Gasteiger partial charge in [-0.1, -0.05) is 42.5 Å². The van der Waals surface area contributed by atoms with Gasteiger partial charge in [0.2, 0.25) is 0 Å². The molecule has 0 unspecified atom stereocenters. The second-order valence-electron chi connectivity index (χ2n) is 9.34. The zero-order valence-corrected chi connectivity index (χ0v) is 19.6. The van der Waals surface area contributed by atoms with Gasteiger partial charge in [-0.2, -0.15) is 0 Å². The summed E-state index contributed by atoms with van der Waals surface area (Å²) in [5.74, 6) is 2.77. The molecule has 33 heavy (non-hydrogen) atoms. The molecule has 1 saturated carbocycles. The van der Waals surface area contributed by atoms with Gasteiger partial charge in [0.15, 0.2) is 5.78 Å². The van der Waals surface area contributed by atoms with Crippen molar-refractivity contribution in [3.8, 4) is 11.1 Å². The predicted molar refractivity (Wildman–Crippen MR) is 133 cm³/mol. The first-order valence-corrected chi connectivity index (χ1v) is 11.8. The fourth-order valence-corrected chi connectivity index (χ4v) is 5.06. The summed E-state index contributed by atoms with van der Waals surface area (Å²) >= 11 is 0. The molecule has 1 heterocycles. The van der Waals surface area contributed by atoms with E-state index in [1.165, 1.54) is 5.56 Å². The van der Waals surface area contributed by atoms with Crippen molar-refractivity contribution in [2.24, 2.45) is 0 Å². The van der Waals surface area contributed by atoms with Gasteiger partial charge in [0.25, 0.3) is 0 Å². The number of hydrogen-bond donors (Lipinski definition) is 2. The lowest BCUT2D eigenvalue weighted by molar-refractivity contribution is 0.104. The Morgan fingerprint density at radius 1 is 0.909 bits per heavy atom. The van der Waals surface area contributed by atoms with Crippen molar-refractivity contribution in [2.75, 3.05) is 24.3 Å². The highest BCUT2D eigenvalue weighted by atomic mass is 16.1. The maximum Gasteiger partial charge on any atom is 0.194 e. The summed E-state index contributed by atoms with van der Waals surface area (Å²) in [5, 5.41) is 7.38. The Bertz CT molecular complexity index is 1180. The first-order valence-electron chi connectivity index (χ1n) is 11.8. The van der Waals surface area contributed by atoms with Crippen LogP contribution in [0.4, 0.5) is 11.6 Å². The van der Waals surface area contributed by atoms with Gasteiger partial charge in [-0.15, -0.1) is 0 Å². The third-order valence-electron chi connectivity index (χ3n) is 6.78. The molecule has 0 aliphatic heterocycles. The molecule has 170 valence electrons. The van der Waals surface area contributed by atoms with Crippen LogP contribution in [0.1, 0.15) is 53.0 Å². The minimum Gasteiger partial charge on any atom is -0.367 e. The fourth-order valence-electron chi connectivity index (χ4n) is 5.06. The summed E-state index contributed by atoms with van der Waals surface area (Å²) in [5.41, 5.74) is 5.04. The molecule has 0 radical (unpaired) electrons. The number of rotatable bonds is 6. The summed E-state index contributed by atoms with van der Waals surface area (Å²) in [6, 6.07) is 17.0. The van der Waals surface area contributed by atoms with Gasteiger partial charge in [0.05, 0.1) is 0 Å². The number of carbonyl (C=O) groups is 1. The van der Waals surface area contributed by atoms with Crippen molar-refractivity contribution in [3.63, 3.8) is 0 Å². The molecule has 2 aromatic carbocycles. The van der Waals surface area contributed by atoms with Crippen LogP contribution in [0.15, 0.2) is 48.5 Å². The van der Waals surface area contributed by atoms with Gasteiger partial charge in [-0.3, -0.25) is 4.79 Å². The first kappa shape index (κ1) is 21.6. The van der Waals surface area contributed by atoms with Crippen LogP contribution in [0.5, 0.6) is 0 Å². The molecule has 6 nitrogen and oxygen atoms in total. The number of fused-ring (bicyclic) bond motifs is 3. The summed E-state index contributed by atoms with van der Waals surface area (Å²) < 4.78 is 0. The van der Waals surface area contributed by atoms with E-state index in [0.717, 1.165) is 71.9 Å². The van der Waals surface area contributed by atoms with Crippen LogP contribution < -0.4 is 15.5 Å². The second-order valence-corrected chi connectivity index (χ2v) is 9.34. The van der Waals surface area contributed by atoms with E-state index in [-0.39, 0.29) is 5.78 Å². The number of nitrogens with zero attached hydrogens (tertiary/aromatic N) is 3. The average Bonchev–Trinajstić information content (AvgIpc) is 3.11. The van der Waals surface area contributed by atoms with Crippen LogP contribution >= 0.6 is 0 Å². The van der Waals surface area contributed by atoms with Gasteiger partial charge < -0.3 is 15.5 Å². The van der Waals surface area contributed by atoms with Crippen LogP contribution in [-0.2, 0) is 6.54 Å². The van der Waals surface area contributed by atoms with Crippen LogP contribution in [0.2, 0.25) is 0 Å². The zero-order valence-electron chi connectivity index (χ0n) is 19.6. The smallest absolute Gasteiger partial charge is 0.194 e. The zero-order chi connectivity index (χ0) is 22.9. The minimum atomic E-state index is 0.145. The van der Waals surface area contributed by atoms with Crippen molar-refractivity contribution < 1.29 is 4.79 Å². The van der Waals surface area contributed by atoms with Crippen molar-refractivity contribution in [3.05, 3.63) is 71.0 Å². The Hall–Kier alpha value is -3.25. The highest BCUT2D eigenvalue weighted by molar-refractivity contribution is 6.22. The summed E-state index contributed by atoms with van der Waals surface area (Å²) in [6.07, 6.45) is 4.44. The third-order valence-corrected chi connectivity index (χ3v) is 6.78. The standard InChI is InChI=1S/C27H31N5O/c1-17-29-24(15-25(30-17)32(2)3)31-20-13-11-19(12-14-20)28-16-18-7-6-10-23-26(18)21-8-4-5-9-22(21)27(23)33/h4-10,15,19-20,28H,11-14,16H2,1-3H3,(H,29,30,31). The normalized spacial score (nSPS) is 19.2. The van der Waals surface area contributed by atoms with Gasteiger partial charge >= 0.3 is 0 Å². The summed E-state index contributed by atoms with van der Waals surface area (Å²) in [7, 11) is 4.00. The Balaban J connectivity index is 1.20.